The average molecular weight is 457 g/mol. The minimum absolute atomic E-state index is 0.742. The molecule has 0 radical (unpaired) electrons. The predicted octanol–water partition coefficient (Wildman–Crippen LogP) is 4.12. The van der Waals surface area contributed by atoms with Gasteiger partial charge in [0.2, 0.25) is 0 Å². The Morgan fingerprint density at radius 2 is 0.483 bits per heavy atom. The van der Waals surface area contributed by atoms with E-state index in [1.165, 1.54) is 0 Å². The number of rotatable bonds is 20. The van der Waals surface area contributed by atoms with E-state index in [4.69, 9.17) is 0 Å². The second-order valence-electron chi connectivity index (χ2n) is 6.53. The first-order valence-electron chi connectivity index (χ1n) is 9.96. The fourth-order valence-electron chi connectivity index (χ4n) is 3.72. The maximum absolute atomic E-state index is 4.03. The van der Waals surface area contributed by atoms with Gasteiger partial charge in [-0.15, -0.1) is 0 Å². The van der Waals surface area contributed by atoms with Crippen molar-refractivity contribution in [2.75, 3.05) is 52.4 Å². The van der Waals surface area contributed by atoms with Gasteiger partial charge in [-0.3, -0.25) is 0 Å². The van der Waals surface area contributed by atoms with Gasteiger partial charge in [-0.25, -0.2) is 0 Å². The van der Waals surface area contributed by atoms with E-state index in [-0.39, 0.29) is 0 Å². The van der Waals surface area contributed by atoms with Gasteiger partial charge in [0, 0.05) is 0 Å². The molecule has 0 aliphatic rings. The molecule has 0 atom stereocenters. The van der Waals surface area contributed by atoms with Crippen LogP contribution in [-0.2, 0) is 0 Å². The zero-order valence-corrected chi connectivity index (χ0v) is 20.3. The molecule has 0 aliphatic heterocycles. The molecule has 0 heterocycles. The van der Waals surface area contributed by atoms with Crippen LogP contribution in [-0.4, -0.2) is 81.9 Å². The molecule has 0 saturated heterocycles. The number of hydrogen-bond acceptors (Lipinski definition) is 4. The summed E-state index contributed by atoms with van der Waals surface area (Å²) in [5.41, 5.74) is 0. The summed E-state index contributed by atoms with van der Waals surface area (Å²) >= 11 is -3.44. The average Bonchev–Trinajstić information content (AvgIpc) is 2.70. The molecule has 5 heteroatoms. The van der Waals surface area contributed by atoms with Gasteiger partial charge in [-0.2, -0.15) is 0 Å². The Morgan fingerprint density at radius 1 is 0.345 bits per heavy atom. The molecule has 0 N–H and O–H groups in total. The Balaban J connectivity index is 7.13. The van der Waals surface area contributed by atoms with Crippen molar-refractivity contribution >= 4 is 14.2 Å². The first-order chi connectivity index (χ1) is 14.1. The van der Waals surface area contributed by atoms with Gasteiger partial charge >= 0.3 is 183 Å². The van der Waals surface area contributed by atoms with Crippen LogP contribution in [0.4, 0.5) is 0 Å². The third kappa shape index (κ3) is 7.25. The molecule has 0 fully saturated rings. The molecule has 0 spiro atoms. The third-order valence-electron chi connectivity index (χ3n) is 4.49. The molecule has 0 unspecified atom stereocenters. The molecule has 0 rings (SSSR count). The fraction of sp³-hybridized carbons (Fsp3) is 0.333. The molecule has 0 aromatic heterocycles. The Labute approximate surface area is 183 Å². The summed E-state index contributed by atoms with van der Waals surface area (Å²) in [6.45, 7) is 38.2. The summed E-state index contributed by atoms with van der Waals surface area (Å²) in [6, 6.07) is 0. The van der Waals surface area contributed by atoms with Crippen molar-refractivity contribution in [3.05, 3.63) is 101 Å². The third-order valence-corrected chi connectivity index (χ3v) is 14.7. The normalized spacial score (nSPS) is 11.4. The molecule has 0 saturated carbocycles. The molecule has 0 aromatic rings. The Hall–Kier alpha value is -1.70. The van der Waals surface area contributed by atoms with Crippen LogP contribution in [0.5, 0.6) is 0 Å². The van der Waals surface area contributed by atoms with E-state index in [0.29, 0.717) is 0 Å². The van der Waals surface area contributed by atoms with Gasteiger partial charge in [0.1, 0.15) is 0 Å². The fourth-order valence-corrected chi connectivity index (χ4v) is 15.0. The van der Waals surface area contributed by atoms with Crippen LogP contribution >= 0.6 is 0 Å². The van der Waals surface area contributed by atoms with Crippen molar-refractivity contribution in [1.82, 2.24) is 15.4 Å². The van der Waals surface area contributed by atoms with Crippen LogP contribution in [0.15, 0.2) is 101 Å². The zero-order valence-electron chi connectivity index (χ0n) is 18.2. The standard InChI is InChI=1S/C24H40GeN4/c1-9-17-26(18-10-2)25(27(19-11-3)20-12-4,28(21-13-5)22-14-6)29(23-15-7)24-16-8/h9-16H,1-8,17-24H2. The van der Waals surface area contributed by atoms with E-state index in [2.05, 4.69) is 68.1 Å². The van der Waals surface area contributed by atoms with Gasteiger partial charge in [0.15, 0.2) is 0 Å². The molecule has 0 aromatic carbocycles. The molecular formula is C24H40GeN4. The van der Waals surface area contributed by atoms with Gasteiger partial charge < -0.3 is 0 Å². The van der Waals surface area contributed by atoms with Crippen LogP contribution < -0.4 is 0 Å². The molecule has 0 amide bonds. The van der Waals surface area contributed by atoms with Crippen molar-refractivity contribution in [3.63, 3.8) is 0 Å². The van der Waals surface area contributed by atoms with E-state index in [0.717, 1.165) is 52.4 Å². The SMILES string of the molecule is C=CC[N](CC=C)[Ge]([N](CC=C)CC=C)([N](CC=C)CC=C)[N](CC=C)CC=C. The topological polar surface area (TPSA) is 13.0 Å². The quantitative estimate of drug-likeness (QED) is 0.202. The Kier molecular flexibility index (Phi) is 15.2. The summed E-state index contributed by atoms with van der Waals surface area (Å²) in [4.78, 5) is 0. The Morgan fingerprint density at radius 3 is 0.586 bits per heavy atom. The number of nitrogens with zero attached hydrogens (tertiary/aromatic N) is 4. The van der Waals surface area contributed by atoms with E-state index >= 15 is 0 Å². The summed E-state index contributed by atoms with van der Waals surface area (Å²) in [5.74, 6) is 0. The van der Waals surface area contributed by atoms with Crippen molar-refractivity contribution < 1.29 is 0 Å². The molecule has 160 valence electrons. The first kappa shape index (κ1) is 27.3. The van der Waals surface area contributed by atoms with Crippen molar-refractivity contribution in [2.45, 2.75) is 0 Å². The van der Waals surface area contributed by atoms with Crippen LogP contribution in [0.25, 0.3) is 0 Å². The molecule has 0 aliphatic carbocycles. The minimum atomic E-state index is -3.44. The number of hydrogen-bond donors (Lipinski definition) is 0. The van der Waals surface area contributed by atoms with Gasteiger partial charge in [-0.1, -0.05) is 0 Å². The van der Waals surface area contributed by atoms with Crippen molar-refractivity contribution in [3.8, 4) is 0 Å². The van der Waals surface area contributed by atoms with Crippen molar-refractivity contribution in [1.29, 1.82) is 0 Å². The molecule has 29 heavy (non-hydrogen) atoms. The van der Waals surface area contributed by atoms with Gasteiger partial charge in [-0.05, 0) is 0 Å². The van der Waals surface area contributed by atoms with Crippen LogP contribution in [0, 0.1) is 0 Å². The van der Waals surface area contributed by atoms with E-state index < -0.39 is 14.2 Å². The molecule has 4 nitrogen and oxygen atoms in total. The summed E-state index contributed by atoms with van der Waals surface area (Å²) < 4.78 is 10.1. The second kappa shape index (κ2) is 16.1. The monoisotopic (exact) mass is 458 g/mol. The summed E-state index contributed by atoms with van der Waals surface area (Å²) in [6.07, 6.45) is 15.7. The van der Waals surface area contributed by atoms with Crippen molar-refractivity contribution in [2.24, 2.45) is 0 Å². The Bertz CT molecular complexity index is 428. The molecular weight excluding hydrogens is 417 g/mol. The predicted molar refractivity (Wildman–Crippen MR) is 134 cm³/mol. The maximum atomic E-state index is 4.03. The summed E-state index contributed by atoms with van der Waals surface area (Å²) in [7, 11) is 0. The van der Waals surface area contributed by atoms with E-state index in [9.17, 15) is 0 Å². The van der Waals surface area contributed by atoms with Gasteiger partial charge in [0.05, 0.1) is 0 Å². The van der Waals surface area contributed by atoms with E-state index in [1.54, 1.807) is 0 Å². The van der Waals surface area contributed by atoms with Crippen LogP contribution in [0.2, 0.25) is 0 Å². The molecule has 0 bridgehead atoms. The summed E-state index contributed by atoms with van der Waals surface area (Å²) in [5, 5.41) is 0. The van der Waals surface area contributed by atoms with E-state index in [1.807, 2.05) is 48.6 Å². The van der Waals surface area contributed by atoms with Crippen LogP contribution in [0.1, 0.15) is 0 Å². The zero-order chi connectivity index (χ0) is 22.1. The van der Waals surface area contributed by atoms with Gasteiger partial charge in [0.25, 0.3) is 0 Å². The van der Waals surface area contributed by atoms with Crippen LogP contribution in [0.3, 0.4) is 0 Å². The first-order valence-corrected chi connectivity index (χ1v) is 13.7. The second-order valence-corrected chi connectivity index (χ2v) is 14.4.